The summed E-state index contributed by atoms with van der Waals surface area (Å²) in [6, 6.07) is 17.5. The van der Waals surface area contributed by atoms with Crippen LogP contribution in [0.2, 0.25) is 10.0 Å². The van der Waals surface area contributed by atoms with Gasteiger partial charge in [0.15, 0.2) is 16.3 Å². The zero-order valence-electron chi connectivity index (χ0n) is 22.8. The van der Waals surface area contributed by atoms with Crippen molar-refractivity contribution in [2.24, 2.45) is 4.99 Å². The molecule has 11 heteroatoms. The monoisotopic (exact) mass is 734 g/mol. The summed E-state index contributed by atoms with van der Waals surface area (Å²) in [4.78, 5) is 32.3. The van der Waals surface area contributed by atoms with E-state index < -0.39 is 12.0 Å². The fraction of sp³-hybridized carbons (Fsp3) is 0.194. The molecular weight excluding hydrogens is 710 g/mol. The van der Waals surface area contributed by atoms with Crippen molar-refractivity contribution in [3.05, 3.63) is 122 Å². The molecule has 0 fully saturated rings. The summed E-state index contributed by atoms with van der Waals surface area (Å²) in [5.74, 6) is 0.479. The molecule has 0 amide bonds. The Morgan fingerprint density at radius 1 is 1.14 bits per heavy atom. The molecule has 42 heavy (non-hydrogen) atoms. The summed E-state index contributed by atoms with van der Waals surface area (Å²) in [7, 11) is 1.57. The molecule has 5 rings (SSSR count). The summed E-state index contributed by atoms with van der Waals surface area (Å²) in [6.45, 7) is 3.92. The maximum Gasteiger partial charge on any atom is 0.338 e. The number of aromatic nitrogens is 1. The highest BCUT2D eigenvalue weighted by atomic mass is 127. The average molecular weight is 735 g/mol. The van der Waals surface area contributed by atoms with Crippen LogP contribution in [0, 0.1) is 3.57 Å². The Bertz CT molecular complexity index is 1880. The van der Waals surface area contributed by atoms with Gasteiger partial charge in [0.05, 0.1) is 29.5 Å². The lowest BCUT2D eigenvalue weighted by molar-refractivity contribution is -0.139. The fourth-order valence-electron chi connectivity index (χ4n) is 4.66. The predicted octanol–water partition coefficient (Wildman–Crippen LogP) is 6.30. The second-order valence-electron chi connectivity index (χ2n) is 9.27. The van der Waals surface area contributed by atoms with Crippen molar-refractivity contribution in [2.45, 2.75) is 26.5 Å². The molecule has 0 aliphatic carbocycles. The Labute approximate surface area is 269 Å². The van der Waals surface area contributed by atoms with Gasteiger partial charge >= 0.3 is 5.97 Å². The number of hydrogen-bond acceptors (Lipinski definition) is 7. The third-order valence-corrected chi connectivity index (χ3v) is 8.77. The molecule has 2 heterocycles. The van der Waals surface area contributed by atoms with Gasteiger partial charge in [0, 0.05) is 19.2 Å². The first-order valence-corrected chi connectivity index (χ1v) is 15.6. The van der Waals surface area contributed by atoms with E-state index in [0.29, 0.717) is 47.7 Å². The van der Waals surface area contributed by atoms with Crippen LogP contribution in [0.15, 0.2) is 81.7 Å². The van der Waals surface area contributed by atoms with E-state index in [4.69, 9.17) is 37.4 Å². The number of fused-ring (bicyclic) bond motifs is 1. The number of esters is 1. The second kappa shape index (κ2) is 13.0. The SMILES string of the molecule is CCOC(=O)C1=C(C)N=c2s/c(=C\c3cc(I)cc(OC)c3OCc3ccc(Cl)cc3)c(=O)n2[C@H]1c1ccccc1Cl. The molecule has 0 N–H and O–H groups in total. The number of halogens is 3. The molecule has 1 aromatic heterocycles. The molecule has 1 aliphatic rings. The van der Waals surface area contributed by atoms with E-state index in [1.807, 2.05) is 30.3 Å². The maximum atomic E-state index is 14.1. The number of hydrogen-bond donors (Lipinski definition) is 0. The first-order valence-electron chi connectivity index (χ1n) is 12.9. The number of allylic oxidation sites excluding steroid dienone is 1. The molecule has 1 atom stereocenters. The number of ether oxygens (including phenoxy) is 3. The molecule has 1 aliphatic heterocycles. The number of carbonyl (C=O) groups excluding carboxylic acids is 1. The lowest BCUT2D eigenvalue weighted by atomic mass is 9.96. The van der Waals surface area contributed by atoms with Crippen molar-refractivity contribution in [1.29, 1.82) is 0 Å². The van der Waals surface area contributed by atoms with Gasteiger partial charge in [-0.3, -0.25) is 9.36 Å². The summed E-state index contributed by atoms with van der Waals surface area (Å²) in [6.07, 6.45) is 1.76. The van der Waals surface area contributed by atoms with E-state index in [1.165, 1.54) is 15.9 Å². The molecule has 0 radical (unpaired) electrons. The van der Waals surface area contributed by atoms with Gasteiger partial charge in [0.2, 0.25) is 0 Å². The van der Waals surface area contributed by atoms with Gasteiger partial charge in [0.1, 0.15) is 12.6 Å². The molecule has 0 saturated carbocycles. The van der Waals surface area contributed by atoms with Gasteiger partial charge in [-0.1, -0.05) is 64.9 Å². The van der Waals surface area contributed by atoms with Crippen LogP contribution in [-0.2, 0) is 16.1 Å². The van der Waals surface area contributed by atoms with Crippen LogP contribution in [-0.4, -0.2) is 24.3 Å². The quantitative estimate of drug-likeness (QED) is 0.157. The van der Waals surface area contributed by atoms with E-state index in [0.717, 1.165) is 9.13 Å². The maximum absolute atomic E-state index is 14.1. The van der Waals surface area contributed by atoms with Crippen LogP contribution < -0.4 is 24.4 Å². The van der Waals surface area contributed by atoms with Gasteiger partial charge in [-0.15, -0.1) is 0 Å². The lowest BCUT2D eigenvalue weighted by Crippen LogP contribution is -2.40. The largest absolute Gasteiger partial charge is 0.493 e. The van der Waals surface area contributed by atoms with Crippen LogP contribution in [0.4, 0.5) is 0 Å². The molecule has 7 nitrogen and oxygen atoms in total. The van der Waals surface area contributed by atoms with Crippen LogP contribution in [0.25, 0.3) is 6.08 Å². The van der Waals surface area contributed by atoms with Gasteiger partial charge < -0.3 is 14.2 Å². The van der Waals surface area contributed by atoms with Crippen molar-refractivity contribution in [1.82, 2.24) is 4.57 Å². The summed E-state index contributed by atoms with van der Waals surface area (Å²) >= 11 is 16.1. The standard InChI is InChI=1S/C31H25Cl2IN2O5S/c1-4-40-30(38)26-17(2)35-31-36(27(26)22-7-5-6-8-23(22)33)29(37)25(42-31)14-19-13-21(34)15-24(39-3)28(19)41-16-18-9-11-20(32)12-10-18/h5-15,27H,4,16H2,1-3H3/b25-14-/t27-/m0/s1. The second-order valence-corrected chi connectivity index (χ2v) is 12.4. The predicted molar refractivity (Wildman–Crippen MR) is 173 cm³/mol. The highest BCUT2D eigenvalue weighted by Crippen LogP contribution is 2.36. The Kier molecular flexibility index (Phi) is 9.41. The van der Waals surface area contributed by atoms with Gasteiger partial charge in [-0.05, 0) is 84.0 Å². The van der Waals surface area contributed by atoms with Gasteiger partial charge in [-0.25, -0.2) is 9.79 Å². The number of rotatable bonds is 8. The van der Waals surface area contributed by atoms with Gasteiger partial charge in [-0.2, -0.15) is 0 Å². The lowest BCUT2D eigenvalue weighted by Gasteiger charge is -2.25. The molecular formula is C31H25Cl2IN2O5S. The normalized spacial score (nSPS) is 14.8. The number of benzene rings is 3. The van der Waals surface area contributed by atoms with Crippen LogP contribution >= 0.6 is 57.1 Å². The molecule has 0 spiro atoms. The van der Waals surface area contributed by atoms with Crippen molar-refractivity contribution in [3.63, 3.8) is 0 Å². The molecule has 0 unspecified atom stereocenters. The zero-order chi connectivity index (χ0) is 30.0. The summed E-state index contributed by atoms with van der Waals surface area (Å²) in [5.41, 5.74) is 2.60. The Balaban J connectivity index is 1.67. The smallest absolute Gasteiger partial charge is 0.338 e. The summed E-state index contributed by atoms with van der Waals surface area (Å²) < 4.78 is 20.1. The van der Waals surface area contributed by atoms with Crippen LogP contribution in [0.3, 0.4) is 0 Å². The Morgan fingerprint density at radius 3 is 2.57 bits per heavy atom. The molecule has 3 aromatic carbocycles. The van der Waals surface area contributed by atoms with Crippen molar-refractivity contribution in [2.75, 3.05) is 13.7 Å². The molecule has 4 aromatic rings. The average Bonchev–Trinajstić information content (AvgIpc) is 3.26. The highest BCUT2D eigenvalue weighted by Gasteiger charge is 2.34. The fourth-order valence-corrected chi connectivity index (χ4v) is 6.68. The first kappa shape index (κ1) is 30.3. The third kappa shape index (κ3) is 6.15. The van der Waals surface area contributed by atoms with Crippen molar-refractivity contribution < 1.29 is 19.0 Å². The first-order chi connectivity index (χ1) is 20.2. The van der Waals surface area contributed by atoms with Gasteiger partial charge in [0.25, 0.3) is 5.56 Å². The Morgan fingerprint density at radius 2 is 1.88 bits per heavy atom. The zero-order valence-corrected chi connectivity index (χ0v) is 27.3. The number of thiazole rings is 1. The third-order valence-electron chi connectivity index (χ3n) is 6.57. The van der Waals surface area contributed by atoms with E-state index in [2.05, 4.69) is 27.6 Å². The number of methoxy groups -OCH3 is 1. The van der Waals surface area contributed by atoms with Crippen molar-refractivity contribution in [3.8, 4) is 11.5 Å². The highest BCUT2D eigenvalue weighted by molar-refractivity contribution is 14.1. The van der Waals surface area contributed by atoms with E-state index in [1.54, 1.807) is 57.4 Å². The van der Waals surface area contributed by atoms with E-state index in [-0.39, 0.29) is 24.3 Å². The molecule has 216 valence electrons. The minimum Gasteiger partial charge on any atom is -0.493 e. The van der Waals surface area contributed by atoms with Crippen LogP contribution in [0.1, 0.15) is 36.6 Å². The minimum atomic E-state index is -0.803. The number of carbonyl (C=O) groups is 1. The van der Waals surface area contributed by atoms with E-state index in [9.17, 15) is 9.59 Å². The minimum absolute atomic E-state index is 0.183. The topological polar surface area (TPSA) is 79.1 Å². The number of nitrogens with zero attached hydrogens (tertiary/aromatic N) is 2. The molecule has 0 bridgehead atoms. The molecule has 0 saturated heterocycles. The summed E-state index contributed by atoms with van der Waals surface area (Å²) in [5, 5.41) is 1.06. The Hall–Kier alpha value is -3.12. The van der Waals surface area contributed by atoms with E-state index >= 15 is 0 Å². The van der Waals surface area contributed by atoms with Crippen LogP contribution in [0.5, 0.6) is 11.5 Å². The van der Waals surface area contributed by atoms with Crippen molar-refractivity contribution >= 4 is 69.2 Å².